The Bertz CT molecular complexity index is 688. The van der Waals surface area contributed by atoms with E-state index in [4.69, 9.17) is 15.0 Å². The van der Waals surface area contributed by atoms with E-state index in [0.29, 0.717) is 16.8 Å². The minimum Gasteiger partial charge on any atom is -0.469 e. The highest BCUT2D eigenvalue weighted by Crippen LogP contribution is 2.24. The number of carbonyl (C=O) groups excluding carboxylic acids is 2. The van der Waals surface area contributed by atoms with Crippen molar-refractivity contribution in [2.45, 2.75) is 46.3 Å². The number of hydrogen-bond acceptors (Lipinski definition) is 6. The lowest BCUT2D eigenvalue weighted by Crippen LogP contribution is -2.26. The quantitative estimate of drug-likeness (QED) is 0.324. The molecule has 0 bridgehead atoms. The molecule has 0 aliphatic rings. The Labute approximate surface area is 146 Å². The molecule has 1 aromatic rings. The predicted molar refractivity (Wildman–Crippen MR) is 91.2 cm³/mol. The molecule has 1 rings (SSSR count). The molecule has 0 spiro atoms. The first kappa shape index (κ1) is 20.5. The fourth-order valence-corrected chi connectivity index (χ4v) is 2.11. The van der Waals surface area contributed by atoms with Crippen LogP contribution in [0.15, 0.2) is 17.2 Å². The number of rotatable bonds is 7. The summed E-state index contributed by atoms with van der Waals surface area (Å²) in [6.07, 6.45) is 0.0518. The molecular formula is C17H23N3O5. The molecule has 0 atom stereocenters. The normalized spacial score (nSPS) is 10.8. The largest absolute Gasteiger partial charge is 0.469 e. The van der Waals surface area contributed by atoms with Crippen LogP contribution in [0.4, 0.5) is 5.69 Å². The van der Waals surface area contributed by atoms with Crippen LogP contribution in [0.1, 0.15) is 37.5 Å². The van der Waals surface area contributed by atoms with Gasteiger partial charge in [-0.2, -0.15) is 0 Å². The average Bonchev–Trinajstić information content (AvgIpc) is 2.49. The Morgan fingerprint density at radius 3 is 2.40 bits per heavy atom. The van der Waals surface area contributed by atoms with Gasteiger partial charge in [0, 0.05) is 10.6 Å². The van der Waals surface area contributed by atoms with E-state index in [2.05, 4.69) is 14.8 Å². The standard InChI is InChI=1S/C17H23N3O5/c1-11-12(8-15(21)23-5)6-14(19-20-18)7-13(11)9-24-10-16(22)25-17(2,3)4/h6-7H,8-10H2,1-5H3. The Morgan fingerprint density at radius 2 is 1.84 bits per heavy atom. The summed E-state index contributed by atoms with van der Waals surface area (Å²) in [6, 6.07) is 3.29. The van der Waals surface area contributed by atoms with E-state index in [0.717, 1.165) is 5.56 Å². The van der Waals surface area contributed by atoms with Gasteiger partial charge in [0.2, 0.25) is 0 Å². The fraction of sp³-hybridized carbons (Fsp3) is 0.529. The Hall–Kier alpha value is -2.57. The van der Waals surface area contributed by atoms with Crippen LogP contribution in [0.3, 0.4) is 0 Å². The molecule has 0 saturated heterocycles. The van der Waals surface area contributed by atoms with Gasteiger partial charge < -0.3 is 14.2 Å². The second kappa shape index (κ2) is 9.05. The molecule has 0 aromatic heterocycles. The lowest BCUT2D eigenvalue weighted by atomic mass is 9.99. The zero-order valence-electron chi connectivity index (χ0n) is 15.2. The maximum Gasteiger partial charge on any atom is 0.332 e. The van der Waals surface area contributed by atoms with Gasteiger partial charge >= 0.3 is 11.9 Å². The molecule has 0 amide bonds. The zero-order chi connectivity index (χ0) is 19.0. The van der Waals surface area contributed by atoms with Gasteiger partial charge in [0.1, 0.15) is 12.2 Å². The second-order valence-corrected chi connectivity index (χ2v) is 6.41. The summed E-state index contributed by atoms with van der Waals surface area (Å²) in [4.78, 5) is 26.0. The zero-order valence-corrected chi connectivity index (χ0v) is 15.2. The second-order valence-electron chi connectivity index (χ2n) is 6.41. The summed E-state index contributed by atoms with van der Waals surface area (Å²) < 4.78 is 15.2. The van der Waals surface area contributed by atoms with Crippen molar-refractivity contribution < 1.29 is 23.8 Å². The first-order valence-corrected chi connectivity index (χ1v) is 7.70. The van der Waals surface area contributed by atoms with Crippen LogP contribution in [-0.4, -0.2) is 31.3 Å². The number of carbonyl (C=O) groups is 2. The summed E-state index contributed by atoms with van der Waals surface area (Å²) in [5, 5.41) is 3.58. The molecule has 0 radical (unpaired) electrons. The van der Waals surface area contributed by atoms with Gasteiger partial charge in [-0.1, -0.05) is 5.11 Å². The molecule has 1 aromatic carbocycles. The Kier molecular flexibility index (Phi) is 7.42. The highest BCUT2D eigenvalue weighted by Gasteiger charge is 2.17. The summed E-state index contributed by atoms with van der Waals surface area (Å²) in [5.74, 6) is -0.868. The summed E-state index contributed by atoms with van der Waals surface area (Å²) >= 11 is 0. The van der Waals surface area contributed by atoms with E-state index in [1.54, 1.807) is 32.9 Å². The summed E-state index contributed by atoms with van der Waals surface area (Å²) in [5.41, 5.74) is 10.6. The van der Waals surface area contributed by atoms with Crippen molar-refractivity contribution >= 4 is 17.6 Å². The maximum atomic E-state index is 11.7. The molecule has 8 nitrogen and oxygen atoms in total. The lowest BCUT2D eigenvalue weighted by Gasteiger charge is -2.19. The molecule has 0 saturated carbocycles. The van der Waals surface area contributed by atoms with Crippen molar-refractivity contribution in [1.29, 1.82) is 0 Å². The van der Waals surface area contributed by atoms with Crippen molar-refractivity contribution in [2.75, 3.05) is 13.7 Å². The number of nitrogens with zero attached hydrogens (tertiary/aromatic N) is 3. The van der Waals surface area contributed by atoms with Crippen molar-refractivity contribution in [1.82, 2.24) is 0 Å². The van der Waals surface area contributed by atoms with Crippen LogP contribution in [0, 0.1) is 6.92 Å². The Morgan fingerprint density at radius 1 is 1.20 bits per heavy atom. The van der Waals surface area contributed by atoms with Crippen LogP contribution in [0.2, 0.25) is 0 Å². The first-order valence-electron chi connectivity index (χ1n) is 7.70. The number of ether oxygens (including phenoxy) is 3. The third kappa shape index (κ3) is 7.24. The van der Waals surface area contributed by atoms with Gasteiger partial charge in [-0.05, 0) is 62.0 Å². The Balaban J connectivity index is 2.88. The van der Waals surface area contributed by atoms with Crippen molar-refractivity contribution in [3.8, 4) is 0 Å². The maximum absolute atomic E-state index is 11.7. The van der Waals surface area contributed by atoms with Gasteiger partial charge in [-0.3, -0.25) is 4.79 Å². The van der Waals surface area contributed by atoms with E-state index < -0.39 is 17.5 Å². The van der Waals surface area contributed by atoms with E-state index in [1.165, 1.54) is 7.11 Å². The van der Waals surface area contributed by atoms with E-state index in [1.807, 2.05) is 6.92 Å². The van der Waals surface area contributed by atoms with Gasteiger partial charge in [-0.25, -0.2) is 4.79 Å². The molecule has 0 heterocycles. The topological polar surface area (TPSA) is 111 Å². The van der Waals surface area contributed by atoms with Crippen molar-refractivity contribution in [3.63, 3.8) is 0 Å². The fourth-order valence-electron chi connectivity index (χ4n) is 2.11. The molecule has 0 aliphatic carbocycles. The molecule has 0 fully saturated rings. The molecule has 0 N–H and O–H groups in total. The van der Waals surface area contributed by atoms with E-state index in [9.17, 15) is 9.59 Å². The minimum atomic E-state index is -0.578. The first-order chi connectivity index (χ1) is 11.7. The van der Waals surface area contributed by atoms with E-state index in [-0.39, 0.29) is 19.6 Å². The molecule has 25 heavy (non-hydrogen) atoms. The lowest BCUT2D eigenvalue weighted by molar-refractivity contribution is -0.160. The van der Waals surface area contributed by atoms with Gasteiger partial charge in [-0.15, -0.1) is 0 Å². The van der Waals surface area contributed by atoms with Gasteiger partial charge in [0.05, 0.1) is 20.1 Å². The number of methoxy groups -OCH3 is 1. The monoisotopic (exact) mass is 349 g/mol. The third-order valence-corrected chi connectivity index (χ3v) is 3.23. The van der Waals surface area contributed by atoms with E-state index >= 15 is 0 Å². The number of hydrogen-bond donors (Lipinski definition) is 0. The van der Waals surface area contributed by atoms with Crippen molar-refractivity contribution in [3.05, 3.63) is 39.3 Å². The van der Waals surface area contributed by atoms with Crippen LogP contribution in [0.5, 0.6) is 0 Å². The van der Waals surface area contributed by atoms with Crippen LogP contribution >= 0.6 is 0 Å². The molecule has 0 unspecified atom stereocenters. The van der Waals surface area contributed by atoms with Gasteiger partial charge in [0.25, 0.3) is 0 Å². The summed E-state index contributed by atoms with van der Waals surface area (Å²) in [6.45, 7) is 7.07. The molecule has 8 heteroatoms. The molecular weight excluding hydrogens is 326 g/mol. The van der Waals surface area contributed by atoms with Crippen LogP contribution < -0.4 is 0 Å². The summed E-state index contributed by atoms with van der Waals surface area (Å²) in [7, 11) is 1.31. The smallest absolute Gasteiger partial charge is 0.332 e. The van der Waals surface area contributed by atoms with Crippen LogP contribution in [0.25, 0.3) is 10.4 Å². The number of azide groups is 1. The number of esters is 2. The van der Waals surface area contributed by atoms with Crippen LogP contribution in [-0.2, 0) is 36.8 Å². The average molecular weight is 349 g/mol. The molecule has 136 valence electrons. The van der Waals surface area contributed by atoms with Gasteiger partial charge in [0.15, 0.2) is 0 Å². The minimum absolute atomic E-state index is 0.0518. The third-order valence-electron chi connectivity index (χ3n) is 3.23. The highest BCUT2D eigenvalue weighted by atomic mass is 16.6. The predicted octanol–water partition coefficient (Wildman–Crippen LogP) is 3.51. The van der Waals surface area contributed by atoms with Crippen molar-refractivity contribution in [2.24, 2.45) is 5.11 Å². The SMILES string of the molecule is COC(=O)Cc1cc(N=[N+]=[N-])cc(COCC(=O)OC(C)(C)C)c1C. The molecule has 0 aliphatic heterocycles. The number of benzene rings is 1. The highest BCUT2D eigenvalue weighted by molar-refractivity contribution is 5.74.